The van der Waals surface area contributed by atoms with Crippen molar-refractivity contribution in [1.82, 2.24) is 24.7 Å². The number of hydrogen-bond acceptors (Lipinski definition) is 4. The molecule has 254 valence electrons. The Bertz CT molecular complexity index is 1600. The molecule has 3 aromatic rings. The molecule has 2 amide bonds. The number of piperidine rings is 2. The van der Waals surface area contributed by atoms with E-state index in [1.54, 1.807) is 6.07 Å². The Morgan fingerprint density at radius 3 is 2.26 bits per heavy atom. The number of benzene rings is 2. The minimum Gasteiger partial charge on any atom is -0.341 e. The summed E-state index contributed by atoms with van der Waals surface area (Å²) in [4.78, 5) is 36.7. The SMILES string of the molecule is Cc1nc2ccccc2n1[C@H]1C[C@H]2CC[C@@H](C1)N2CCC1(c2cccc(F)c2)CCN(C(=O)C(C)(NC(=O)C(C)(C)C)C(C)C)CC1. The number of carbonyl (C=O) groups excluding carboxylic acids is 2. The molecule has 0 saturated carbocycles. The van der Waals surface area contributed by atoms with E-state index in [0.717, 1.165) is 55.6 Å². The van der Waals surface area contributed by atoms with Crippen molar-refractivity contribution in [2.75, 3.05) is 19.6 Å². The van der Waals surface area contributed by atoms with E-state index in [9.17, 15) is 14.0 Å². The molecule has 0 spiro atoms. The average molecular weight is 644 g/mol. The van der Waals surface area contributed by atoms with Crippen LogP contribution in [0, 0.1) is 24.1 Å². The highest BCUT2D eigenvalue weighted by atomic mass is 19.1. The second-order valence-electron chi connectivity index (χ2n) is 16.2. The summed E-state index contributed by atoms with van der Waals surface area (Å²) in [5, 5.41) is 3.11. The lowest BCUT2D eigenvalue weighted by Crippen LogP contribution is -2.63. The number of imidazole rings is 1. The molecule has 0 aliphatic carbocycles. The summed E-state index contributed by atoms with van der Waals surface area (Å²) in [6, 6.07) is 17.1. The number of fused-ring (bicyclic) bond motifs is 3. The number of halogens is 1. The van der Waals surface area contributed by atoms with Crippen LogP contribution in [0.1, 0.15) is 104 Å². The highest BCUT2D eigenvalue weighted by Crippen LogP contribution is 2.45. The molecule has 4 heterocycles. The molecule has 3 aliphatic rings. The number of aryl methyl sites for hydroxylation is 1. The van der Waals surface area contributed by atoms with E-state index in [1.807, 2.05) is 52.5 Å². The van der Waals surface area contributed by atoms with Crippen molar-refractivity contribution < 1.29 is 14.0 Å². The van der Waals surface area contributed by atoms with Gasteiger partial charge in [0.1, 0.15) is 17.2 Å². The minimum absolute atomic E-state index is 0.0274. The van der Waals surface area contributed by atoms with Crippen LogP contribution in [0.4, 0.5) is 4.39 Å². The Morgan fingerprint density at radius 1 is 0.979 bits per heavy atom. The molecular weight excluding hydrogens is 589 g/mol. The van der Waals surface area contributed by atoms with Crippen molar-refractivity contribution in [2.45, 2.75) is 122 Å². The second-order valence-corrected chi connectivity index (χ2v) is 16.2. The number of likely N-dealkylation sites (tertiary alicyclic amines) is 1. The minimum atomic E-state index is -0.994. The molecule has 2 aromatic carbocycles. The zero-order chi connectivity index (χ0) is 33.7. The molecule has 4 atom stereocenters. The number of para-hydroxylation sites is 2. The Labute approximate surface area is 280 Å². The molecule has 1 aromatic heterocycles. The van der Waals surface area contributed by atoms with Crippen LogP contribution in [-0.2, 0) is 15.0 Å². The van der Waals surface area contributed by atoms with Crippen LogP contribution in [0.15, 0.2) is 48.5 Å². The van der Waals surface area contributed by atoms with Crippen LogP contribution in [-0.4, -0.2) is 68.4 Å². The van der Waals surface area contributed by atoms with Crippen molar-refractivity contribution in [3.05, 3.63) is 65.7 Å². The summed E-state index contributed by atoms with van der Waals surface area (Å²) in [7, 11) is 0. The number of nitrogens with zero attached hydrogens (tertiary/aromatic N) is 4. The van der Waals surface area contributed by atoms with Crippen molar-refractivity contribution in [3.63, 3.8) is 0 Å². The zero-order valence-corrected chi connectivity index (χ0v) is 29.5. The summed E-state index contributed by atoms with van der Waals surface area (Å²) < 4.78 is 17.2. The summed E-state index contributed by atoms with van der Waals surface area (Å²) >= 11 is 0. The van der Waals surface area contributed by atoms with Crippen LogP contribution < -0.4 is 5.32 Å². The largest absolute Gasteiger partial charge is 0.341 e. The first-order valence-corrected chi connectivity index (χ1v) is 17.8. The van der Waals surface area contributed by atoms with Gasteiger partial charge in [-0.2, -0.15) is 0 Å². The smallest absolute Gasteiger partial charge is 0.248 e. The van der Waals surface area contributed by atoms with Crippen molar-refractivity contribution in [3.8, 4) is 0 Å². The van der Waals surface area contributed by atoms with Gasteiger partial charge < -0.3 is 14.8 Å². The van der Waals surface area contributed by atoms with Gasteiger partial charge in [-0.05, 0) is 106 Å². The van der Waals surface area contributed by atoms with E-state index < -0.39 is 11.0 Å². The average Bonchev–Trinajstić information content (AvgIpc) is 3.49. The summed E-state index contributed by atoms with van der Waals surface area (Å²) in [6.07, 6.45) is 7.17. The van der Waals surface area contributed by atoms with Crippen molar-refractivity contribution >= 4 is 22.8 Å². The zero-order valence-electron chi connectivity index (χ0n) is 29.5. The number of nitrogens with one attached hydrogen (secondary N) is 1. The van der Waals surface area contributed by atoms with E-state index in [1.165, 1.54) is 24.4 Å². The van der Waals surface area contributed by atoms with Crippen LogP contribution >= 0.6 is 0 Å². The first-order chi connectivity index (χ1) is 22.2. The van der Waals surface area contributed by atoms with E-state index in [2.05, 4.69) is 52.0 Å². The van der Waals surface area contributed by atoms with Gasteiger partial charge in [-0.25, -0.2) is 9.37 Å². The molecule has 2 bridgehead atoms. The van der Waals surface area contributed by atoms with Crippen molar-refractivity contribution in [1.29, 1.82) is 0 Å². The molecule has 8 heteroatoms. The molecular formula is C39H54FN5O2. The fourth-order valence-corrected chi connectivity index (χ4v) is 8.63. The number of carbonyl (C=O) groups is 2. The molecule has 7 nitrogen and oxygen atoms in total. The molecule has 0 radical (unpaired) electrons. The van der Waals surface area contributed by atoms with Crippen LogP contribution in [0.3, 0.4) is 0 Å². The molecule has 47 heavy (non-hydrogen) atoms. The lowest BCUT2D eigenvalue weighted by Gasteiger charge is -2.47. The molecule has 1 unspecified atom stereocenters. The van der Waals surface area contributed by atoms with Crippen LogP contribution in [0.2, 0.25) is 0 Å². The summed E-state index contributed by atoms with van der Waals surface area (Å²) in [6.45, 7) is 15.8. The van der Waals surface area contributed by atoms with Gasteiger partial charge >= 0.3 is 0 Å². The maximum atomic E-state index is 14.7. The summed E-state index contributed by atoms with van der Waals surface area (Å²) in [5.41, 5.74) is 1.55. The van der Waals surface area contributed by atoms with E-state index in [4.69, 9.17) is 4.98 Å². The lowest BCUT2D eigenvalue weighted by molar-refractivity contribution is -0.146. The van der Waals surface area contributed by atoms with E-state index >= 15 is 0 Å². The Hall–Kier alpha value is -3.26. The highest BCUT2D eigenvalue weighted by molar-refractivity contribution is 5.93. The Kier molecular flexibility index (Phi) is 9.05. The third-order valence-electron chi connectivity index (χ3n) is 11.9. The van der Waals surface area contributed by atoms with Gasteiger partial charge in [-0.15, -0.1) is 0 Å². The van der Waals surface area contributed by atoms with Gasteiger partial charge in [0, 0.05) is 36.6 Å². The van der Waals surface area contributed by atoms with Gasteiger partial charge in [0.15, 0.2) is 0 Å². The van der Waals surface area contributed by atoms with E-state index in [0.29, 0.717) is 31.2 Å². The normalized spacial score (nSPS) is 24.4. The Balaban J connectivity index is 1.18. The van der Waals surface area contributed by atoms with E-state index in [-0.39, 0.29) is 29.0 Å². The van der Waals surface area contributed by atoms with Crippen molar-refractivity contribution in [2.24, 2.45) is 11.3 Å². The van der Waals surface area contributed by atoms with Gasteiger partial charge in [-0.3, -0.25) is 14.5 Å². The third kappa shape index (κ3) is 6.34. The summed E-state index contributed by atoms with van der Waals surface area (Å²) in [5.74, 6) is 0.672. The topological polar surface area (TPSA) is 70.5 Å². The molecule has 3 fully saturated rings. The lowest BCUT2D eigenvalue weighted by atomic mass is 9.69. The Morgan fingerprint density at radius 2 is 1.64 bits per heavy atom. The van der Waals surface area contributed by atoms with Gasteiger partial charge in [-0.1, -0.05) is 58.9 Å². The van der Waals surface area contributed by atoms with Gasteiger partial charge in [0.25, 0.3) is 0 Å². The maximum absolute atomic E-state index is 14.7. The second kappa shape index (κ2) is 12.6. The molecule has 3 aliphatic heterocycles. The number of rotatable bonds is 8. The van der Waals surface area contributed by atoms with Gasteiger partial charge in [0.05, 0.1) is 11.0 Å². The third-order valence-corrected chi connectivity index (χ3v) is 11.9. The highest BCUT2D eigenvalue weighted by Gasteiger charge is 2.47. The molecule has 1 N–H and O–H groups in total. The van der Waals surface area contributed by atoms with Crippen LogP contribution in [0.25, 0.3) is 11.0 Å². The molecule has 3 saturated heterocycles. The predicted molar refractivity (Wildman–Crippen MR) is 186 cm³/mol. The molecule has 6 rings (SSSR count). The number of hydrogen-bond donors (Lipinski definition) is 1. The number of aromatic nitrogens is 2. The van der Waals surface area contributed by atoms with Crippen LogP contribution in [0.5, 0.6) is 0 Å². The van der Waals surface area contributed by atoms with Gasteiger partial charge in [0.2, 0.25) is 11.8 Å². The first kappa shape index (κ1) is 33.6. The first-order valence-electron chi connectivity index (χ1n) is 17.8. The fourth-order valence-electron chi connectivity index (χ4n) is 8.63. The monoisotopic (exact) mass is 643 g/mol. The quantitative estimate of drug-likeness (QED) is 0.282. The standard InChI is InChI=1S/C39H54FN5O2/c1-26(2)38(7,42-35(46)37(4,5)6)36(47)43-20-17-39(18-21-43,28-11-10-12-29(40)23-28)19-22-44-30-15-16-31(44)25-32(24-30)45-27(3)41-33-13-8-9-14-34(33)45/h8-14,23,26,30-32H,15-22,24-25H2,1-7H3,(H,42,46)/t30-,31+,32+,38?. The fraction of sp³-hybridized carbons (Fsp3) is 0.615. The number of amides is 2. The predicted octanol–water partition coefficient (Wildman–Crippen LogP) is 7.18. The maximum Gasteiger partial charge on any atom is 0.248 e.